The summed E-state index contributed by atoms with van der Waals surface area (Å²) >= 11 is 0. The third-order valence-electron chi connectivity index (χ3n) is 2.52. The minimum Gasteiger partial charge on any atom is -0.494 e. The Hall–Kier alpha value is -2.37. The maximum absolute atomic E-state index is 13.5. The second-order valence-electron chi connectivity index (χ2n) is 4.09. The lowest BCUT2D eigenvalue weighted by Gasteiger charge is -2.12. The molecule has 2 rings (SSSR count). The van der Waals surface area contributed by atoms with Crippen molar-refractivity contribution in [2.45, 2.75) is 6.92 Å². The Morgan fingerprint density at radius 2 is 1.70 bits per heavy atom. The Bertz CT molecular complexity index is 609. The summed E-state index contributed by atoms with van der Waals surface area (Å²) in [6, 6.07) is 5.82. The molecule has 6 heteroatoms. The van der Waals surface area contributed by atoms with Crippen LogP contribution in [0.3, 0.4) is 0 Å². The van der Waals surface area contributed by atoms with E-state index >= 15 is 0 Å². The molecule has 0 fully saturated rings. The maximum Gasteiger partial charge on any atom is 0.152 e. The molecule has 0 aliphatic heterocycles. The standard InChI is InChI=1S/C14H13F3N2O/c1-2-20-11-6-9(18)5-10(7-11)19-14-12(16)3-8(15)4-13(14)17/h3-7,19H,2,18H2,1H3. The van der Waals surface area contributed by atoms with E-state index in [0.717, 1.165) is 0 Å². The summed E-state index contributed by atoms with van der Waals surface area (Å²) in [5.41, 5.74) is 5.95. The fourth-order valence-corrected chi connectivity index (χ4v) is 1.75. The SMILES string of the molecule is CCOc1cc(N)cc(Nc2c(F)cc(F)cc2F)c1. The molecule has 0 atom stereocenters. The van der Waals surface area contributed by atoms with Crippen LogP contribution in [0.15, 0.2) is 30.3 Å². The zero-order valence-corrected chi connectivity index (χ0v) is 10.7. The monoisotopic (exact) mass is 282 g/mol. The highest BCUT2D eigenvalue weighted by Crippen LogP contribution is 2.28. The van der Waals surface area contributed by atoms with Crippen molar-refractivity contribution in [3.8, 4) is 5.75 Å². The number of anilines is 3. The molecule has 0 radical (unpaired) electrons. The zero-order valence-electron chi connectivity index (χ0n) is 10.7. The molecular formula is C14H13F3N2O. The van der Waals surface area contributed by atoms with Crippen LogP contribution in [-0.4, -0.2) is 6.61 Å². The molecule has 0 bridgehead atoms. The highest BCUT2D eigenvalue weighted by atomic mass is 19.1. The van der Waals surface area contributed by atoms with Crippen molar-refractivity contribution in [2.24, 2.45) is 0 Å². The van der Waals surface area contributed by atoms with Crippen molar-refractivity contribution in [2.75, 3.05) is 17.7 Å². The van der Waals surface area contributed by atoms with Gasteiger partial charge in [0.05, 0.1) is 6.61 Å². The number of nitrogens with one attached hydrogen (secondary N) is 1. The summed E-state index contributed by atoms with van der Waals surface area (Å²) in [4.78, 5) is 0. The van der Waals surface area contributed by atoms with Crippen LogP contribution >= 0.6 is 0 Å². The lowest BCUT2D eigenvalue weighted by Crippen LogP contribution is -2.01. The topological polar surface area (TPSA) is 47.3 Å². The minimum atomic E-state index is -1.03. The van der Waals surface area contributed by atoms with E-state index in [9.17, 15) is 13.2 Å². The number of hydrogen-bond donors (Lipinski definition) is 2. The summed E-state index contributed by atoms with van der Waals surface area (Å²) in [5.74, 6) is -2.56. The van der Waals surface area contributed by atoms with Crippen molar-refractivity contribution in [3.63, 3.8) is 0 Å². The second-order valence-corrected chi connectivity index (χ2v) is 4.09. The predicted octanol–water partition coefficient (Wildman–Crippen LogP) is 3.83. The van der Waals surface area contributed by atoms with Crippen molar-refractivity contribution in [3.05, 3.63) is 47.8 Å². The highest BCUT2D eigenvalue weighted by molar-refractivity contribution is 5.67. The number of nitrogens with two attached hydrogens (primary N) is 1. The summed E-state index contributed by atoms with van der Waals surface area (Å²) in [6.07, 6.45) is 0. The molecule has 0 spiro atoms. The molecule has 0 aliphatic carbocycles. The van der Waals surface area contributed by atoms with Gasteiger partial charge in [0.25, 0.3) is 0 Å². The molecule has 0 amide bonds. The molecule has 0 saturated heterocycles. The van der Waals surface area contributed by atoms with Crippen LogP contribution in [0, 0.1) is 17.5 Å². The lowest BCUT2D eigenvalue weighted by molar-refractivity contribution is 0.340. The summed E-state index contributed by atoms with van der Waals surface area (Å²) in [7, 11) is 0. The first-order valence-electron chi connectivity index (χ1n) is 5.94. The van der Waals surface area contributed by atoms with Crippen molar-refractivity contribution in [1.82, 2.24) is 0 Å². The van der Waals surface area contributed by atoms with E-state index in [1.54, 1.807) is 19.1 Å². The van der Waals surface area contributed by atoms with Gasteiger partial charge in [-0.05, 0) is 13.0 Å². The quantitative estimate of drug-likeness (QED) is 0.838. The van der Waals surface area contributed by atoms with Crippen LogP contribution in [0.4, 0.5) is 30.2 Å². The number of ether oxygens (including phenoxy) is 1. The molecule has 20 heavy (non-hydrogen) atoms. The van der Waals surface area contributed by atoms with Gasteiger partial charge in [0.1, 0.15) is 17.3 Å². The van der Waals surface area contributed by atoms with E-state index in [4.69, 9.17) is 10.5 Å². The van der Waals surface area contributed by atoms with E-state index < -0.39 is 23.1 Å². The molecule has 2 aromatic carbocycles. The minimum absolute atomic E-state index is 0.345. The molecule has 0 saturated carbocycles. The van der Waals surface area contributed by atoms with Crippen molar-refractivity contribution in [1.29, 1.82) is 0 Å². The van der Waals surface area contributed by atoms with Gasteiger partial charge in [0.2, 0.25) is 0 Å². The first kappa shape index (κ1) is 14.0. The van der Waals surface area contributed by atoms with E-state index in [0.29, 0.717) is 35.9 Å². The molecule has 0 unspecified atom stereocenters. The van der Waals surface area contributed by atoms with Gasteiger partial charge in [-0.3, -0.25) is 0 Å². The van der Waals surface area contributed by atoms with E-state index in [-0.39, 0.29) is 0 Å². The number of benzene rings is 2. The fourth-order valence-electron chi connectivity index (χ4n) is 1.75. The fraction of sp³-hybridized carbons (Fsp3) is 0.143. The van der Waals surface area contributed by atoms with Gasteiger partial charge in [-0.1, -0.05) is 0 Å². The number of hydrogen-bond acceptors (Lipinski definition) is 3. The van der Waals surface area contributed by atoms with Gasteiger partial charge < -0.3 is 15.8 Å². The van der Waals surface area contributed by atoms with Gasteiger partial charge in [0, 0.05) is 35.6 Å². The summed E-state index contributed by atoms with van der Waals surface area (Å²) < 4.78 is 45.2. The highest BCUT2D eigenvalue weighted by Gasteiger charge is 2.12. The lowest BCUT2D eigenvalue weighted by atomic mass is 10.2. The van der Waals surface area contributed by atoms with Crippen LogP contribution in [0.25, 0.3) is 0 Å². The van der Waals surface area contributed by atoms with Gasteiger partial charge >= 0.3 is 0 Å². The van der Waals surface area contributed by atoms with Gasteiger partial charge in [0.15, 0.2) is 11.6 Å². The Balaban J connectivity index is 2.35. The van der Waals surface area contributed by atoms with Crippen LogP contribution in [0.1, 0.15) is 6.92 Å². The Labute approximate surface area is 114 Å². The molecular weight excluding hydrogens is 269 g/mol. The number of nitrogen functional groups attached to an aromatic ring is 1. The van der Waals surface area contributed by atoms with E-state index in [1.165, 1.54) is 6.07 Å². The number of halogens is 3. The normalized spacial score (nSPS) is 10.4. The smallest absolute Gasteiger partial charge is 0.152 e. The molecule has 3 N–H and O–H groups in total. The summed E-state index contributed by atoms with van der Waals surface area (Å²) in [6.45, 7) is 2.23. The predicted molar refractivity (Wildman–Crippen MR) is 71.6 cm³/mol. The Kier molecular flexibility index (Phi) is 4.02. The van der Waals surface area contributed by atoms with Gasteiger partial charge in [-0.25, -0.2) is 13.2 Å². The van der Waals surface area contributed by atoms with Gasteiger partial charge in [-0.2, -0.15) is 0 Å². The molecule has 2 aromatic rings. The van der Waals surface area contributed by atoms with Crippen LogP contribution in [0.2, 0.25) is 0 Å². The number of rotatable bonds is 4. The van der Waals surface area contributed by atoms with Crippen molar-refractivity contribution >= 4 is 17.1 Å². The maximum atomic E-state index is 13.5. The molecule has 0 aliphatic rings. The average molecular weight is 282 g/mol. The Morgan fingerprint density at radius 3 is 2.30 bits per heavy atom. The van der Waals surface area contributed by atoms with E-state index in [1.807, 2.05) is 0 Å². The summed E-state index contributed by atoms with van der Waals surface area (Å²) in [5, 5.41) is 2.53. The average Bonchev–Trinajstić information content (AvgIpc) is 2.33. The Morgan fingerprint density at radius 1 is 1.05 bits per heavy atom. The molecule has 0 aromatic heterocycles. The largest absolute Gasteiger partial charge is 0.494 e. The van der Waals surface area contributed by atoms with Crippen LogP contribution in [-0.2, 0) is 0 Å². The third-order valence-corrected chi connectivity index (χ3v) is 2.52. The van der Waals surface area contributed by atoms with E-state index in [2.05, 4.69) is 5.32 Å². The molecule has 106 valence electrons. The second kappa shape index (κ2) is 5.73. The van der Waals surface area contributed by atoms with Gasteiger partial charge in [-0.15, -0.1) is 0 Å². The first-order valence-corrected chi connectivity index (χ1v) is 5.94. The zero-order chi connectivity index (χ0) is 14.7. The molecule has 0 heterocycles. The van der Waals surface area contributed by atoms with Crippen LogP contribution in [0.5, 0.6) is 5.75 Å². The first-order chi connectivity index (χ1) is 9.49. The third kappa shape index (κ3) is 3.14. The van der Waals surface area contributed by atoms with Crippen LogP contribution < -0.4 is 15.8 Å². The van der Waals surface area contributed by atoms with Crippen molar-refractivity contribution < 1.29 is 17.9 Å². The molecule has 3 nitrogen and oxygen atoms in total.